The molecule has 1 N–H and O–H groups in total. The third-order valence-corrected chi connectivity index (χ3v) is 9.04. The van der Waals surface area contributed by atoms with E-state index in [9.17, 15) is 13.2 Å². The van der Waals surface area contributed by atoms with Crippen molar-refractivity contribution in [2.45, 2.75) is 17.4 Å². The fourth-order valence-corrected chi connectivity index (χ4v) is 6.69. The number of halogens is 1. The Bertz CT molecular complexity index is 1430. The second kappa shape index (κ2) is 11.7. The van der Waals surface area contributed by atoms with Crippen LogP contribution in [0.15, 0.2) is 95.2 Å². The lowest BCUT2D eigenvalue weighted by Gasteiger charge is -2.39. The van der Waals surface area contributed by atoms with Crippen LogP contribution in [0.5, 0.6) is 0 Å². The minimum atomic E-state index is -3.79. The molecule has 0 bridgehead atoms. The number of nitrogens with one attached hydrogen (secondary N) is 1. The van der Waals surface area contributed by atoms with E-state index in [0.29, 0.717) is 23.8 Å². The summed E-state index contributed by atoms with van der Waals surface area (Å²) < 4.78 is 27.7. The lowest BCUT2D eigenvalue weighted by Crippen LogP contribution is -2.50. The lowest BCUT2D eigenvalue weighted by molar-refractivity contribution is -0.132. The van der Waals surface area contributed by atoms with Gasteiger partial charge in [0.1, 0.15) is 0 Å². The molecule has 0 radical (unpaired) electrons. The molecule has 1 aliphatic heterocycles. The maximum absolute atomic E-state index is 13.1. The molecule has 4 aromatic rings. The van der Waals surface area contributed by atoms with Gasteiger partial charge in [-0.2, -0.15) is 0 Å². The summed E-state index contributed by atoms with van der Waals surface area (Å²) in [6.07, 6.45) is 0.125. The molecular formula is C28H27ClN4O3S2. The van der Waals surface area contributed by atoms with Gasteiger partial charge >= 0.3 is 0 Å². The molecule has 1 saturated heterocycles. The standard InChI is InChI=1S/C28H27ClN4O3S2/c29-23-11-13-25(14-12-23)38(35,36)31-28-30-24(20-37-28)19-26(34)32-15-17-33(18-16-32)27(21-7-3-1-4-8-21)22-9-5-2-6-10-22/h1-14,20,27H,15-19H2,(H,30,31). The van der Waals surface area contributed by atoms with Crippen LogP contribution in [0.25, 0.3) is 0 Å². The summed E-state index contributed by atoms with van der Waals surface area (Å²) in [5.41, 5.74) is 3.01. The lowest BCUT2D eigenvalue weighted by atomic mass is 9.96. The first-order chi connectivity index (χ1) is 18.4. The number of aromatic nitrogens is 1. The van der Waals surface area contributed by atoms with Gasteiger partial charge in [0.15, 0.2) is 5.13 Å². The van der Waals surface area contributed by atoms with E-state index in [2.05, 4.69) is 63.1 Å². The van der Waals surface area contributed by atoms with E-state index in [-0.39, 0.29) is 28.4 Å². The SMILES string of the molecule is O=C(Cc1csc(NS(=O)(=O)c2ccc(Cl)cc2)n1)N1CCN(C(c2ccccc2)c2ccccc2)CC1. The topological polar surface area (TPSA) is 82.6 Å². The first kappa shape index (κ1) is 26.4. The highest BCUT2D eigenvalue weighted by molar-refractivity contribution is 7.93. The molecule has 0 spiro atoms. The molecule has 196 valence electrons. The number of thiazole rings is 1. The zero-order valence-electron chi connectivity index (χ0n) is 20.5. The Hall–Kier alpha value is -3.24. The molecule has 1 amide bonds. The van der Waals surface area contributed by atoms with Gasteiger partial charge in [-0.1, -0.05) is 72.3 Å². The van der Waals surface area contributed by atoms with Crippen molar-refractivity contribution in [1.29, 1.82) is 0 Å². The molecule has 2 heterocycles. The molecule has 38 heavy (non-hydrogen) atoms. The number of sulfonamides is 1. The van der Waals surface area contributed by atoms with Gasteiger partial charge in [-0.3, -0.25) is 14.4 Å². The Morgan fingerprint density at radius 3 is 2.05 bits per heavy atom. The molecule has 7 nitrogen and oxygen atoms in total. The Balaban J connectivity index is 1.20. The number of amides is 1. The molecule has 0 atom stereocenters. The first-order valence-corrected chi connectivity index (χ1v) is 15.0. The molecule has 0 aliphatic carbocycles. The fourth-order valence-electron chi connectivity index (χ4n) is 4.60. The van der Waals surface area contributed by atoms with Crippen LogP contribution >= 0.6 is 22.9 Å². The Labute approximate surface area is 231 Å². The predicted molar refractivity (Wildman–Crippen MR) is 151 cm³/mol. The van der Waals surface area contributed by atoms with Crippen LogP contribution in [0.1, 0.15) is 22.9 Å². The maximum Gasteiger partial charge on any atom is 0.263 e. The second-order valence-electron chi connectivity index (χ2n) is 9.02. The van der Waals surface area contributed by atoms with E-state index in [0.717, 1.165) is 24.4 Å². The average molecular weight is 567 g/mol. The van der Waals surface area contributed by atoms with Crippen LogP contribution in [0.3, 0.4) is 0 Å². The summed E-state index contributed by atoms with van der Waals surface area (Å²) in [5.74, 6) is -0.0157. The summed E-state index contributed by atoms with van der Waals surface area (Å²) in [7, 11) is -3.79. The number of hydrogen-bond donors (Lipinski definition) is 1. The van der Waals surface area contributed by atoms with Crippen LogP contribution in [-0.2, 0) is 21.2 Å². The van der Waals surface area contributed by atoms with Gasteiger partial charge in [0.2, 0.25) is 5.91 Å². The van der Waals surface area contributed by atoms with Crippen molar-refractivity contribution in [3.8, 4) is 0 Å². The summed E-state index contributed by atoms with van der Waals surface area (Å²) in [4.78, 5) is 21.8. The molecule has 3 aromatic carbocycles. The van der Waals surface area contributed by atoms with Gasteiger partial charge in [0.05, 0.1) is 23.1 Å². The third-order valence-electron chi connectivity index (χ3n) is 6.49. The normalized spacial score (nSPS) is 14.5. The Morgan fingerprint density at radius 1 is 0.895 bits per heavy atom. The number of piperazine rings is 1. The monoisotopic (exact) mass is 566 g/mol. The van der Waals surface area contributed by atoms with Gasteiger partial charge in [0.25, 0.3) is 10.0 Å². The van der Waals surface area contributed by atoms with Gasteiger partial charge in [-0.05, 0) is 35.4 Å². The summed E-state index contributed by atoms with van der Waals surface area (Å²) in [6, 6.07) is 26.9. The molecular weight excluding hydrogens is 540 g/mol. The number of carbonyl (C=O) groups is 1. The highest BCUT2D eigenvalue weighted by atomic mass is 35.5. The molecule has 10 heteroatoms. The quantitative estimate of drug-likeness (QED) is 0.322. The van der Waals surface area contributed by atoms with Gasteiger partial charge in [-0.25, -0.2) is 13.4 Å². The fraction of sp³-hybridized carbons (Fsp3) is 0.214. The highest BCUT2D eigenvalue weighted by Crippen LogP contribution is 2.29. The van der Waals surface area contributed by atoms with Crippen molar-refractivity contribution < 1.29 is 13.2 Å². The third kappa shape index (κ3) is 6.24. The van der Waals surface area contributed by atoms with Crippen LogP contribution in [0.2, 0.25) is 5.02 Å². The van der Waals surface area contributed by atoms with E-state index in [1.54, 1.807) is 5.38 Å². The van der Waals surface area contributed by atoms with Crippen molar-refractivity contribution >= 4 is 44.0 Å². The van der Waals surface area contributed by atoms with Crippen molar-refractivity contribution in [2.75, 3.05) is 30.9 Å². The Kier molecular flexibility index (Phi) is 8.09. The smallest absolute Gasteiger partial charge is 0.263 e. The minimum Gasteiger partial charge on any atom is -0.340 e. The first-order valence-electron chi connectivity index (χ1n) is 12.2. The van der Waals surface area contributed by atoms with Crippen LogP contribution in [-0.4, -0.2) is 55.3 Å². The number of nitrogens with zero attached hydrogens (tertiary/aromatic N) is 3. The zero-order chi connectivity index (χ0) is 26.5. The van der Waals surface area contributed by atoms with E-state index in [1.165, 1.54) is 35.4 Å². The number of carbonyl (C=O) groups excluding carboxylic acids is 1. The van der Waals surface area contributed by atoms with E-state index in [4.69, 9.17) is 11.6 Å². The molecule has 1 fully saturated rings. The largest absolute Gasteiger partial charge is 0.340 e. The molecule has 0 unspecified atom stereocenters. The summed E-state index contributed by atoms with van der Waals surface area (Å²) in [5, 5.41) is 2.39. The van der Waals surface area contributed by atoms with Crippen LogP contribution in [0, 0.1) is 0 Å². The maximum atomic E-state index is 13.1. The van der Waals surface area contributed by atoms with Crippen molar-refractivity contribution in [3.63, 3.8) is 0 Å². The minimum absolute atomic E-state index is 0.0157. The number of hydrogen-bond acceptors (Lipinski definition) is 6. The molecule has 1 aliphatic rings. The van der Waals surface area contributed by atoms with Gasteiger partial charge < -0.3 is 4.90 Å². The number of anilines is 1. The molecule has 0 saturated carbocycles. The zero-order valence-corrected chi connectivity index (χ0v) is 22.9. The molecule has 1 aromatic heterocycles. The van der Waals surface area contributed by atoms with Crippen LogP contribution < -0.4 is 4.72 Å². The van der Waals surface area contributed by atoms with E-state index < -0.39 is 10.0 Å². The average Bonchev–Trinajstić information content (AvgIpc) is 3.36. The van der Waals surface area contributed by atoms with Crippen molar-refractivity contribution in [3.05, 3.63) is 112 Å². The predicted octanol–water partition coefficient (Wildman–Crippen LogP) is 5.07. The highest BCUT2D eigenvalue weighted by Gasteiger charge is 2.28. The summed E-state index contributed by atoms with van der Waals surface area (Å²) in [6.45, 7) is 2.75. The van der Waals surface area contributed by atoms with E-state index >= 15 is 0 Å². The number of benzene rings is 3. The molecule has 5 rings (SSSR count). The van der Waals surface area contributed by atoms with Crippen LogP contribution in [0.4, 0.5) is 5.13 Å². The van der Waals surface area contributed by atoms with E-state index in [1.807, 2.05) is 17.0 Å². The second-order valence-corrected chi connectivity index (χ2v) is 12.0. The van der Waals surface area contributed by atoms with Crippen molar-refractivity contribution in [2.24, 2.45) is 0 Å². The number of rotatable bonds is 8. The van der Waals surface area contributed by atoms with Crippen molar-refractivity contribution in [1.82, 2.24) is 14.8 Å². The summed E-state index contributed by atoms with van der Waals surface area (Å²) >= 11 is 7.01. The Morgan fingerprint density at radius 2 is 1.47 bits per heavy atom. The van der Waals surface area contributed by atoms with Gasteiger partial charge in [-0.15, -0.1) is 11.3 Å². The van der Waals surface area contributed by atoms with Gasteiger partial charge in [0, 0.05) is 36.6 Å².